The number of benzene rings is 1. The maximum absolute atomic E-state index is 12.0. The van der Waals surface area contributed by atoms with Crippen molar-refractivity contribution in [1.29, 1.82) is 0 Å². The van der Waals surface area contributed by atoms with Gasteiger partial charge in [0.25, 0.3) is 5.91 Å². The molecule has 1 amide bonds. The highest BCUT2D eigenvalue weighted by atomic mass is 127. The zero-order chi connectivity index (χ0) is 13.4. The highest BCUT2D eigenvalue weighted by Crippen LogP contribution is 2.27. The lowest BCUT2D eigenvalue weighted by molar-refractivity contribution is 0.102. The molecular weight excluding hydrogens is 391 g/mol. The van der Waals surface area contributed by atoms with Crippen LogP contribution < -0.4 is 5.32 Å². The van der Waals surface area contributed by atoms with Gasteiger partial charge in [-0.15, -0.1) is 11.3 Å². The number of thiazole rings is 1. The fourth-order valence-corrected chi connectivity index (χ4v) is 3.97. The number of halogens is 1. The summed E-state index contributed by atoms with van der Waals surface area (Å²) in [5.41, 5.74) is 2.80. The number of hydrogen-bond donors (Lipinski definition) is 1. The van der Waals surface area contributed by atoms with Crippen LogP contribution in [0.3, 0.4) is 0 Å². The third-order valence-corrected chi connectivity index (χ3v) is 5.32. The Kier molecular flexibility index (Phi) is 3.55. The van der Waals surface area contributed by atoms with Gasteiger partial charge in [-0.2, -0.15) is 0 Å². The van der Waals surface area contributed by atoms with E-state index >= 15 is 0 Å². The molecule has 0 fully saturated rings. The minimum Gasteiger partial charge on any atom is -0.298 e. The molecule has 0 radical (unpaired) electrons. The lowest BCUT2D eigenvalue weighted by Gasteiger charge is -1.97. The largest absolute Gasteiger partial charge is 0.298 e. The van der Waals surface area contributed by atoms with Crippen molar-refractivity contribution < 1.29 is 4.79 Å². The molecule has 0 aliphatic heterocycles. The first kappa shape index (κ1) is 13.0. The average Bonchev–Trinajstić information content (AvgIpc) is 2.94. The van der Waals surface area contributed by atoms with Gasteiger partial charge in [0.2, 0.25) is 0 Å². The molecule has 0 aliphatic carbocycles. The van der Waals surface area contributed by atoms with Gasteiger partial charge in [0.1, 0.15) is 0 Å². The molecule has 2 heterocycles. The van der Waals surface area contributed by atoms with Crippen molar-refractivity contribution >= 4 is 66.5 Å². The molecule has 3 nitrogen and oxygen atoms in total. The first-order valence-corrected chi connectivity index (χ1v) is 8.32. The highest BCUT2D eigenvalue weighted by Gasteiger charge is 2.11. The molecule has 1 N–H and O–H groups in total. The molecule has 0 atom stereocenters. The van der Waals surface area contributed by atoms with E-state index in [1.165, 1.54) is 16.9 Å². The Morgan fingerprint density at radius 3 is 2.95 bits per heavy atom. The van der Waals surface area contributed by atoms with E-state index in [4.69, 9.17) is 0 Å². The molecule has 6 heteroatoms. The van der Waals surface area contributed by atoms with E-state index in [9.17, 15) is 4.79 Å². The summed E-state index contributed by atoms with van der Waals surface area (Å²) in [6.07, 6.45) is 0. The van der Waals surface area contributed by atoms with Crippen molar-refractivity contribution in [3.63, 3.8) is 0 Å². The van der Waals surface area contributed by atoms with Crippen molar-refractivity contribution in [2.45, 2.75) is 6.92 Å². The number of amides is 1. The lowest BCUT2D eigenvalue weighted by atomic mass is 10.2. The minimum absolute atomic E-state index is 0.102. The highest BCUT2D eigenvalue weighted by molar-refractivity contribution is 14.1. The number of fused-ring (bicyclic) bond motifs is 1. The molecule has 0 spiro atoms. The van der Waals surface area contributed by atoms with Gasteiger partial charge in [0, 0.05) is 5.38 Å². The van der Waals surface area contributed by atoms with Gasteiger partial charge >= 0.3 is 0 Å². The Hall–Kier alpha value is -0.990. The van der Waals surface area contributed by atoms with E-state index in [-0.39, 0.29) is 5.91 Å². The second-order valence-electron chi connectivity index (χ2n) is 4.08. The second-order valence-corrected chi connectivity index (χ2v) is 7.92. The topological polar surface area (TPSA) is 42.0 Å². The second kappa shape index (κ2) is 5.18. The number of nitrogens with zero attached hydrogens (tertiary/aromatic N) is 1. The minimum atomic E-state index is -0.102. The Morgan fingerprint density at radius 2 is 2.21 bits per heavy atom. The van der Waals surface area contributed by atoms with Gasteiger partial charge in [0.15, 0.2) is 5.13 Å². The maximum Gasteiger partial charge on any atom is 0.258 e. The number of anilines is 1. The molecule has 0 aliphatic rings. The zero-order valence-corrected chi connectivity index (χ0v) is 13.7. The zero-order valence-electron chi connectivity index (χ0n) is 9.94. The molecule has 0 saturated heterocycles. The van der Waals surface area contributed by atoms with Crippen molar-refractivity contribution in [3.8, 4) is 0 Å². The normalized spacial score (nSPS) is 10.8. The first-order chi connectivity index (χ1) is 9.11. The monoisotopic (exact) mass is 400 g/mol. The summed E-state index contributed by atoms with van der Waals surface area (Å²) in [5.74, 6) is -0.102. The molecule has 1 aromatic carbocycles. The average molecular weight is 400 g/mol. The van der Waals surface area contributed by atoms with Crippen LogP contribution in [-0.2, 0) is 0 Å². The van der Waals surface area contributed by atoms with E-state index in [1.54, 1.807) is 11.3 Å². The van der Waals surface area contributed by atoms with Gasteiger partial charge < -0.3 is 0 Å². The Bertz CT molecular complexity index is 763. The van der Waals surface area contributed by atoms with Gasteiger partial charge in [0.05, 0.1) is 18.7 Å². The smallest absolute Gasteiger partial charge is 0.258 e. The number of aryl methyl sites for hydroxylation is 1. The number of hydrogen-bond acceptors (Lipinski definition) is 4. The SMILES string of the molecule is Cc1ccc2nc(NC(=O)c3csc(I)c3)sc2c1. The number of nitrogens with one attached hydrogen (secondary N) is 1. The summed E-state index contributed by atoms with van der Waals surface area (Å²) in [6, 6.07) is 7.95. The molecule has 0 bridgehead atoms. The predicted octanol–water partition coefficient (Wildman–Crippen LogP) is 4.52. The Morgan fingerprint density at radius 1 is 1.37 bits per heavy atom. The Balaban J connectivity index is 1.87. The van der Waals surface area contributed by atoms with Gasteiger partial charge in [-0.05, 0) is 53.3 Å². The fraction of sp³-hybridized carbons (Fsp3) is 0.0769. The molecule has 3 aromatic rings. The molecule has 96 valence electrons. The number of carbonyl (C=O) groups excluding carboxylic acids is 1. The number of aromatic nitrogens is 1. The molecule has 3 rings (SSSR count). The third kappa shape index (κ3) is 2.80. The Labute approximate surface area is 131 Å². The molecule has 0 unspecified atom stereocenters. The van der Waals surface area contributed by atoms with Gasteiger partial charge in [-0.3, -0.25) is 10.1 Å². The van der Waals surface area contributed by atoms with E-state index in [0.29, 0.717) is 10.7 Å². The molecule has 19 heavy (non-hydrogen) atoms. The van der Waals surface area contributed by atoms with E-state index < -0.39 is 0 Å². The van der Waals surface area contributed by atoms with Crippen molar-refractivity contribution in [3.05, 3.63) is 43.7 Å². The van der Waals surface area contributed by atoms with Gasteiger partial charge in [-0.1, -0.05) is 17.4 Å². The van der Waals surface area contributed by atoms with Crippen LogP contribution in [0, 0.1) is 9.81 Å². The summed E-state index contributed by atoms with van der Waals surface area (Å²) in [6.45, 7) is 2.05. The lowest BCUT2D eigenvalue weighted by Crippen LogP contribution is -2.10. The molecule has 2 aromatic heterocycles. The van der Waals surface area contributed by atoms with E-state index in [1.807, 2.05) is 30.5 Å². The number of rotatable bonds is 2. The summed E-state index contributed by atoms with van der Waals surface area (Å²) in [5, 5.41) is 5.35. The van der Waals surface area contributed by atoms with Crippen molar-refractivity contribution in [2.75, 3.05) is 5.32 Å². The van der Waals surface area contributed by atoms with Crippen LogP contribution in [0.15, 0.2) is 29.6 Å². The van der Waals surface area contributed by atoms with Crippen LogP contribution >= 0.6 is 45.3 Å². The molecule has 0 saturated carbocycles. The number of thiophene rings is 1. The van der Waals surface area contributed by atoms with Crippen LogP contribution in [0.5, 0.6) is 0 Å². The number of carbonyl (C=O) groups is 1. The van der Waals surface area contributed by atoms with Crippen molar-refractivity contribution in [2.24, 2.45) is 0 Å². The first-order valence-electron chi connectivity index (χ1n) is 5.54. The van der Waals surface area contributed by atoms with Gasteiger partial charge in [-0.25, -0.2) is 4.98 Å². The maximum atomic E-state index is 12.0. The van der Waals surface area contributed by atoms with Crippen LogP contribution in [-0.4, -0.2) is 10.9 Å². The quantitative estimate of drug-likeness (QED) is 0.643. The summed E-state index contributed by atoms with van der Waals surface area (Å²) < 4.78 is 2.19. The summed E-state index contributed by atoms with van der Waals surface area (Å²) >= 11 is 5.26. The standard InChI is InChI=1S/C13H9IN2OS2/c1-7-2-3-9-10(4-7)19-13(15-9)16-12(17)8-5-11(14)18-6-8/h2-6H,1H3,(H,15,16,17). The van der Waals surface area contributed by atoms with Crippen LogP contribution in [0.2, 0.25) is 0 Å². The fourth-order valence-electron chi connectivity index (χ4n) is 1.68. The van der Waals surface area contributed by atoms with Crippen molar-refractivity contribution in [1.82, 2.24) is 4.98 Å². The van der Waals surface area contributed by atoms with Crippen LogP contribution in [0.1, 0.15) is 15.9 Å². The van der Waals surface area contributed by atoms with Crippen LogP contribution in [0.4, 0.5) is 5.13 Å². The van der Waals surface area contributed by atoms with E-state index in [2.05, 4.69) is 39.0 Å². The third-order valence-electron chi connectivity index (χ3n) is 2.59. The van der Waals surface area contributed by atoms with Crippen LogP contribution in [0.25, 0.3) is 10.2 Å². The summed E-state index contributed by atoms with van der Waals surface area (Å²) in [4.78, 5) is 16.4. The predicted molar refractivity (Wildman–Crippen MR) is 89.3 cm³/mol. The van der Waals surface area contributed by atoms with E-state index in [0.717, 1.165) is 13.1 Å². The summed E-state index contributed by atoms with van der Waals surface area (Å²) in [7, 11) is 0. The molecular formula is C13H9IN2OS2.